The summed E-state index contributed by atoms with van der Waals surface area (Å²) in [5, 5.41) is 1.29. The largest absolute Gasteiger partial charge is 0.337 e. The molecule has 4 bridgehead atoms. The van der Waals surface area contributed by atoms with Gasteiger partial charge in [-0.25, -0.2) is 4.98 Å². The Morgan fingerprint density at radius 2 is 1.57 bits per heavy atom. The lowest BCUT2D eigenvalue weighted by Crippen LogP contribution is -2.48. The van der Waals surface area contributed by atoms with Gasteiger partial charge in [0.1, 0.15) is 5.69 Å². The van der Waals surface area contributed by atoms with E-state index < -0.39 is 0 Å². The van der Waals surface area contributed by atoms with Crippen LogP contribution in [0.5, 0.6) is 0 Å². The fourth-order valence-corrected chi connectivity index (χ4v) is 7.42. The summed E-state index contributed by atoms with van der Waals surface area (Å²) in [6.45, 7) is 1.78. The highest BCUT2D eigenvalue weighted by Crippen LogP contribution is 2.61. The fraction of sp³-hybridized carbons (Fsp3) is 0.600. The number of amides is 1. The number of carbonyl (C=O) groups is 1. The quantitative estimate of drug-likeness (QED) is 0.712. The Balaban J connectivity index is 1.47. The zero-order valence-electron chi connectivity index (χ0n) is 16.7. The molecule has 2 aromatic rings. The Bertz CT molecular complexity index is 892. The molecule has 3 nitrogen and oxygen atoms in total. The van der Waals surface area contributed by atoms with Crippen LogP contribution in [0.2, 0.25) is 0 Å². The number of rotatable bonds is 2. The highest BCUT2D eigenvalue weighted by molar-refractivity contribution is 5.96. The van der Waals surface area contributed by atoms with Crippen molar-refractivity contribution in [1.82, 2.24) is 9.88 Å². The van der Waals surface area contributed by atoms with E-state index >= 15 is 0 Å². The summed E-state index contributed by atoms with van der Waals surface area (Å²) in [5.41, 5.74) is 3.42. The normalized spacial score (nSPS) is 34.1. The first-order chi connectivity index (χ1) is 13.7. The standard InChI is InChI=1S/C25H30N2O/c28-24(27-8-4-1-5-9-27)23-13-21(20-6-2-3-7-22(20)26-23)25-14-17-10-18(15-25)12-19(11-17)16-25/h2-3,6-7,13,17-19H,1,4-5,8-12,14-16H2. The molecule has 1 aromatic carbocycles. The van der Waals surface area contributed by atoms with Crippen molar-refractivity contribution in [2.45, 2.75) is 63.2 Å². The van der Waals surface area contributed by atoms with Crippen LogP contribution in [0.15, 0.2) is 30.3 Å². The molecule has 4 aliphatic carbocycles. The monoisotopic (exact) mass is 374 g/mol. The third kappa shape index (κ3) is 2.62. The summed E-state index contributed by atoms with van der Waals surface area (Å²) < 4.78 is 0. The summed E-state index contributed by atoms with van der Waals surface area (Å²) in [6, 6.07) is 10.8. The first-order valence-corrected chi connectivity index (χ1v) is 11.4. The minimum Gasteiger partial charge on any atom is -0.337 e. The summed E-state index contributed by atoms with van der Waals surface area (Å²) in [6.07, 6.45) is 11.8. The second-order valence-corrected chi connectivity index (χ2v) is 10.1. The minimum absolute atomic E-state index is 0.149. The Kier molecular flexibility index (Phi) is 3.83. The first-order valence-electron chi connectivity index (χ1n) is 11.4. The molecule has 0 radical (unpaired) electrons. The van der Waals surface area contributed by atoms with Crippen LogP contribution < -0.4 is 0 Å². The molecule has 4 saturated carbocycles. The summed E-state index contributed by atoms with van der Waals surface area (Å²) in [7, 11) is 0. The van der Waals surface area contributed by atoms with Crippen LogP contribution in [0.25, 0.3) is 10.9 Å². The van der Waals surface area contributed by atoms with E-state index in [2.05, 4.69) is 30.3 Å². The Morgan fingerprint density at radius 3 is 2.25 bits per heavy atom. The van der Waals surface area contributed by atoms with E-state index in [1.807, 2.05) is 4.90 Å². The second-order valence-electron chi connectivity index (χ2n) is 10.1. The Labute approximate surface area is 167 Å². The van der Waals surface area contributed by atoms with E-state index in [-0.39, 0.29) is 11.3 Å². The van der Waals surface area contributed by atoms with Crippen LogP contribution in [0.3, 0.4) is 0 Å². The van der Waals surface area contributed by atoms with Crippen LogP contribution in [-0.4, -0.2) is 28.9 Å². The SMILES string of the molecule is O=C(c1cc(C23CC4CC(CC(C4)C2)C3)c2ccccc2n1)N1CCCCC1. The number of carbonyl (C=O) groups excluding carboxylic acids is 1. The molecule has 0 spiro atoms. The molecule has 3 heteroatoms. The molecule has 146 valence electrons. The number of para-hydroxylation sites is 1. The molecular formula is C25H30N2O. The van der Waals surface area contributed by atoms with Crippen LogP contribution in [-0.2, 0) is 5.41 Å². The maximum atomic E-state index is 13.3. The van der Waals surface area contributed by atoms with Crippen molar-refractivity contribution in [2.75, 3.05) is 13.1 Å². The van der Waals surface area contributed by atoms with Gasteiger partial charge in [0.2, 0.25) is 0 Å². The van der Waals surface area contributed by atoms with Crippen LogP contribution in [0, 0.1) is 17.8 Å². The number of aromatic nitrogens is 1. The van der Waals surface area contributed by atoms with E-state index in [1.165, 1.54) is 55.9 Å². The average molecular weight is 375 g/mol. The van der Waals surface area contributed by atoms with Gasteiger partial charge in [-0.05, 0) is 98.7 Å². The Hall–Kier alpha value is -1.90. The number of benzene rings is 1. The predicted molar refractivity (Wildman–Crippen MR) is 111 cm³/mol. The number of fused-ring (bicyclic) bond motifs is 1. The predicted octanol–water partition coefficient (Wildman–Crippen LogP) is 5.33. The number of hydrogen-bond donors (Lipinski definition) is 0. The van der Waals surface area contributed by atoms with Crippen molar-refractivity contribution >= 4 is 16.8 Å². The third-order valence-electron chi connectivity index (χ3n) is 8.19. The van der Waals surface area contributed by atoms with Crippen LogP contribution >= 0.6 is 0 Å². The van der Waals surface area contributed by atoms with Gasteiger partial charge in [-0.15, -0.1) is 0 Å². The van der Waals surface area contributed by atoms with E-state index in [0.717, 1.165) is 49.2 Å². The zero-order chi connectivity index (χ0) is 18.7. The molecule has 1 amide bonds. The molecule has 5 aliphatic rings. The Morgan fingerprint density at radius 1 is 0.929 bits per heavy atom. The molecule has 1 saturated heterocycles. The maximum absolute atomic E-state index is 13.3. The van der Waals surface area contributed by atoms with E-state index in [1.54, 1.807) is 0 Å². The molecule has 0 unspecified atom stereocenters. The minimum atomic E-state index is 0.149. The van der Waals surface area contributed by atoms with Gasteiger partial charge in [0.25, 0.3) is 5.91 Å². The van der Waals surface area contributed by atoms with E-state index in [0.29, 0.717) is 5.69 Å². The highest BCUT2D eigenvalue weighted by atomic mass is 16.2. The number of hydrogen-bond acceptors (Lipinski definition) is 2. The summed E-state index contributed by atoms with van der Waals surface area (Å²) >= 11 is 0. The molecule has 28 heavy (non-hydrogen) atoms. The molecule has 1 aromatic heterocycles. The second kappa shape index (κ2) is 6.30. The lowest BCUT2D eigenvalue weighted by Gasteiger charge is -2.57. The van der Waals surface area contributed by atoms with Gasteiger partial charge >= 0.3 is 0 Å². The van der Waals surface area contributed by atoms with Crippen molar-refractivity contribution < 1.29 is 4.79 Å². The van der Waals surface area contributed by atoms with Gasteiger partial charge in [-0.2, -0.15) is 0 Å². The topological polar surface area (TPSA) is 33.2 Å². The van der Waals surface area contributed by atoms with Gasteiger partial charge in [-0.1, -0.05) is 18.2 Å². The van der Waals surface area contributed by atoms with Gasteiger partial charge in [0.05, 0.1) is 5.52 Å². The maximum Gasteiger partial charge on any atom is 0.272 e. The third-order valence-corrected chi connectivity index (χ3v) is 8.19. The molecule has 2 heterocycles. The van der Waals surface area contributed by atoms with Crippen molar-refractivity contribution in [1.29, 1.82) is 0 Å². The molecule has 0 atom stereocenters. The summed E-state index contributed by atoms with van der Waals surface area (Å²) in [5.74, 6) is 2.86. The van der Waals surface area contributed by atoms with Crippen molar-refractivity contribution in [3.63, 3.8) is 0 Å². The van der Waals surface area contributed by atoms with Gasteiger partial charge in [0.15, 0.2) is 0 Å². The number of likely N-dealkylation sites (tertiary alicyclic amines) is 1. The van der Waals surface area contributed by atoms with Gasteiger partial charge in [0, 0.05) is 18.5 Å². The number of pyridine rings is 1. The fourth-order valence-electron chi connectivity index (χ4n) is 7.42. The molecule has 7 rings (SSSR count). The van der Waals surface area contributed by atoms with E-state index in [4.69, 9.17) is 4.98 Å². The highest BCUT2D eigenvalue weighted by Gasteiger charge is 2.52. The molecule has 5 fully saturated rings. The molecule has 0 N–H and O–H groups in total. The summed E-state index contributed by atoms with van der Waals surface area (Å²) in [4.78, 5) is 20.2. The van der Waals surface area contributed by atoms with Gasteiger partial charge in [-0.3, -0.25) is 4.79 Å². The van der Waals surface area contributed by atoms with Crippen molar-refractivity contribution in [3.05, 3.63) is 41.6 Å². The average Bonchev–Trinajstić information content (AvgIpc) is 2.72. The molecular weight excluding hydrogens is 344 g/mol. The van der Waals surface area contributed by atoms with Gasteiger partial charge < -0.3 is 4.90 Å². The van der Waals surface area contributed by atoms with Crippen molar-refractivity contribution in [3.8, 4) is 0 Å². The van der Waals surface area contributed by atoms with Crippen molar-refractivity contribution in [2.24, 2.45) is 17.8 Å². The molecule has 1 aliphatic heterocycles. The van der Waals surface area contributed by atoms with Crippen LogP contribution in [0.1, 0.15) is 73.8 Å². The lowest BCUT2D eigenvalue weighted by atomic mass is 9.48. The van der Waals surface area contributed by atoms with E-state index in [9.17, 15) is 4.79 Å². The lowest BCUT2D eigenvalue weighted by molar-refractivity contribution is -0.00455. The zero-order valence-corrected chi connectivity index (χ0v) is 16.7. The first kappa shape index (κ1) is 17.0. The smallest absolute Gasteiger partial charge is 0.272 e. The van der Waals surface area contributed by atoms with Crippen LogP contribution in [0.4, 0.5) is 0 Å². The number of nitrogens with zero attached hydrogens (tertiary/aromatic N) is 2. The number of piperidine rings is 1.